The first-order valence-corrected chi connectivity index (χ1v) is 7.23. The van der Waals surface area contributed by atoms with Crippen molar-refractivity contribution >= 4 is 22.9 Å². The fourth-order valence-corrected chi connectivity index (χ4v) is 2.40. The maximum absolute atomic E-state index is 11.7. The quantitative estimate of drug-likeness (QED) is 0.761. The lowest BCUT2D eigenvalue weighted by molar-refractivity contribution is 0.0945. The van der Waals surface area contributed by atoms with Crippen molar-refractivity contribution in [3.05, 3.63) is 46.4 Å². The van der Waals surface area contributed by atoms with Crippen molar-refractivity contribution in [2.75, 3.05) is 18.5 Å². The Kier molecular flexibility index (Phi) is 5.09. The summed E-state index contributed by atoms with van der Waals surface area (Å²) in [5, 5.41) is 17.6. The molecule has 20 heavy (non-hydrogen) atoms. The van der Waals surface area contributed by atoms with E-state index in [-0.39, 0.29) is 25.1 Å². The highest BCUT2D eigenvalue weighted by Gasteiger charge is 2.08. The van der Waals surface area contributed by atoms with Gasteiger partial charge in [0.15, 0.2) is 0 Å². The van der Waals surface area contributed by atoms with Crippen molar-refractivity contribution in [2.45, 2.75) is 13.0 Å². The van der Waals surface area contributed by atoms with Gasteiger partial charge in [0.2, 0.25) is 0 Å². The molecule has 1 aromatic heterocycles. The van der Waals surface area contributed by atoms with Crippen LogP contribution in [-0.4, -0.2) is 29.1 Å². The molecule has 1 aromatic carbocycles. The molecule has 0 aliphatic carbocycles. The van der Waals surface area contributed by atoms with Crippen LogP contribution in [0.3, 0.4) is 0 Å². The molecule has 0 aliphatic rings. The Balaban J connectivity index is 1.96. The summed E-state index contributed by atoms with van der Waals surface area (Å²) in [4.78, 5) is 15.9. The molecule has 1 amide bonds. The number of hydrogen-bond donors (Lipinski definition) is 3. The van der Waals surface area contributed by atoms with Crippen LogP contribution in [0.4, 0.5) is 5.69 Å². The summed E-state index contributed by atoms with van der Waals surface area (Å²) in [6.45, 7) is 2.25. The maximum Gasteiger partial charge on any atom is 0.251 e. The summed E-state index contributed by atoms with van der Waals surface area (Å²) >= 11 is 1.61. The lowest BCUT2D eigenvalue weighted by Gasteiger charge is -2.13. The molecule has 0 saturated carbocycles. The molecular formula is C14H17N3O2S. The number of carbonyl (C=O) groups is 1. The Morgan fingerprint density at radius 1 is 1.40 bits per heavy atom. The third kappa shape index (κ3) is 3.79. The van der Waals surface area contributed by atoms with Crippen LogP contribution in [0, 0.1) is 0 Å². The first-order chi connectivity index (χ1) is 9.70. The second-order valence-electron chi connectivity index (χ2n) is 4.29. The predicted molar refractivity (Wildman–Crippen MR) is 80.0 cm³/mol. The van der Waals surface area contributed by atoms with Crippen LogP contribution >= 0.6 is 11.3 Å². The first-order valence-electron chi connectivity index (χ1n) is 6.35. The van der Waals surface area contributed by atoms with E-state index >= 15 is 0 Å². The standard InChI is InChI=1S/C14H17N3O2S/c1-10(14-16-7-9-20-14)17-12-4-2-11(3-5-12)13(19)15-6-8-18/h2-5,7,9-10,17-18H,6,8H2,1H3,(H,15,19). The molecule has 0 bridgehead atoms. The van der Waals surface area contributed by atoms with Crippen molar-refractivity contribution in [1.82, 2.24) is 10.3 Å². The number of rotatable bonds is 6. The molecule has 6 heteroatoms. The van der Waals surface area contributed by atoms with Crippen molar-refractivity contribution in [3.8, 4) is 0 Å². The molecule has 106 valence electrons. The minimum absolute atomic E-state index is 0.0588. The minimum Gasteiger partial charge on any atom is -0.395 e. The van der Waals surface area contributed by atoms with Gasteiger partial charge in [0.05, 0.1) is 12.6 Å². The first kappa shape index (κ1) is 14.5. The number of nitrogens with zero attached hydrogens (tertiary/aromatic N) is 1. The van der Waals surface area contributed by atoms with Gasteiger partial charge in [-0.2, -0.15) is 0 Å². The highest BCUT2D eigenvalue weighted by Crippen LogP contribution is 2.21. The van der Waals surface area contributed by atoms with E-state index in [2.05, 4.69) is 15.6 Å². The summed E-state index contributed by atoms with van der Waals surface area (Å²) in [6.07, 6.45) is 1.78. The Morgan fingerprint density at radius 2 is 2.15 bits per heavy atom. The van der Waals surface area contributed by atoms with E-state index in [1.54, 1.807) is 29.7 Å². The van der Waals surface area contributed by atoms with E-state index in [1.165, 1.54) is 0 Å². The number of aliphatic hydroxyl groups excluding tert-OH is 1. The number of nitrogens with one attached hydrogen (secondary N) is 2. The number of benzene rings is 1. The van der Waals surface area contributed by atoms with Crippen LogP contribution in [0.25, 0.3) is 0 Å². The van der Waals surface area contributed by atoms with Gasteiger partial charge in [-0.3, -0.25) is 4.79 Å². The molecule has 3 N–H and O–H groups in total. The van der Waals surface area contributed by atoms with Gasteiger partial charge in [0.25, 0.3) is 5.91 Å². The van der Waals surface area contributed by atoms with E-state index < -0.39 is 0 Å². The summed E-state index contributed by atoms with van der Waals surface area (Å²) in [7, 11) is 0. The van der Waals surface area contributed by atoms with Gasteiger partial charge < -0.3 is 15.7 Å². The lowest BCUT2D eigenvalue weighted by Crippen LogP contribution is -2.26. The van der Waals surface area contributed by atoms with Crippen LogP contribution < -0.4 is 10.6 Å². The van der Waals surface area contributed by atoms with Crippen LogP contribution in [0.5, 0.6) is 0 Å². The van der Waals surface area contributed by atoms with Crippen molar-refractivity contribution in [1.29, 1.82) is 0 Å². The van der Waals surface area contributed by atoms with E-state index in [4.69, 9.17) is 5.11 Å². The fraction of sp³-hybridized carbons (Fsp3) is 0.286. The van der Waals surface area contributed by atoms with E-state index in [9.17, 15) is 4.79 Å². The Labute approximate surface area is 121 Å². The summed E-state index contributed by atoms with van der Waals surface area (Å²) in [6, 6.07) is 7.35. The van der Waals surface area contributed by atoms with Gasteiger partial charge in [-0.05, 0) is 31.2 Å². The van der Waals surface area contributed by atoms with Crippen LogP contribution in [0.15, 0.2) is 35.8 Å². The van der Waals surface area contributed by atoms with Crippen molar-refractivity contribution in [3.63, 3.8) is 0 Å². The number of hydrogen-bond acceptors (Lipinski definition) is 5. The molecule has 2 aromatic rings. The predicted octanol–water partition coefficient (Wildman–Crippen LogP) is 2.04. The third-order valence-electron chi connectivity index (χ3n) is 2.75. The third-order valence-corrected chi connectivity index (χ3v) is 3.71. The Morgan fingerprint density at radius 3 is 2.75 bits per heavy atom. The molecule has 0 aliphatic heterocycles. The topological polar surface area (TPSA) is 74.2 Å². The molecule has 1 unspecified atom stereocenters. The molecule has 0 radical (unpaired) electrons. The van der Waals surface area contributed by atoms with Crippen molar-refractivity contribution in [2.24, 2.45) is 0 Å². The van der Waals surface area contributed by atoms with E-state index in [1.807, 2.05) is 24.4 Å². The number of anilines is 1. The van der Waals surface area contributed by atoms with Gasteiger partial charge in [0, 0.05) is 29.4 Å². The number of thiazole rings is 1. The second kappa shape index (κ2) is 7.02. The molecule has 2 rings (SSSR count). The molecule has 5 nitrogen and oxygen atoms in total. The van der Waals surface area contributed by atoms with Gasteiger partial charge in [-0.15, -0.1) is 11.3 Å². The molecule has 1 atom stereocenters. The van der Waals surface area contributed by atoms with Gasteiger partial charge >= 0.3 is 0 Å². The summed E-state index contributed by atoms with van der Waals surface area (Å²) in [5.74, 6) is -0.182. The highest BCUT2D eigenvalue weighted by molar-refractivity contribution is 7.09. The monoisotopic (exact) mass is 291 g/mol. The van der Waals surface area contributed by atoms with Crippen LogP contribution in [0.2, 0.25) is 0 Å². The Hall–Kier alpha value is -1.92. The van der Waals surface area contributed by atoms with E-state index in [0.29, 0.717) is 5.56 Å². The number of amides is 1. The van der Waals surface area contributed by atoms with E-state index in [0.717, 1.165) is 10.7 Å². The zero-order valence-electron chi connectivity index (χ0n) is 11.2. The molecule has 0 saturated heterocycles. The van der Waals surface area contributed by atoms with Gasteiger partial charge in [-0.1, -0.05) is 0 Å². The number of carbonyl (C=O) groups excluding carboxylic acids is 1. The largest absolute Gasteiger partial charge is 0.395 e. The Bertz CT molecular complexity index is 540. The number of aliphatic hydroxyl groups is 1. The lowest BCUT2D eigenvalue weighted by atomic mass is 10.2. The summed E-state index contributed by atoms with van der Waals surface area (Å²) in [5.41, 5.74) is 1.51. The van der Waals surface area contributed by atoms with Gasteiger partial charge in [0.1, 0.15) is 5.01 Å². The average Bonchev–Trinajstić information content (AvgIpc) is 3.00. The molecule has 1 heterocycles. The van der Waals surface area contributed by atoms with Crippen LogP contribution in [-0.2, 0) is 0 Å². The highest BCUT2D eigenvalue weighted by atomic mass is 32.1. The molecule has 0 spiro atoms. The molecule has 0 fully saturated rings. The second-order valence-corrected chi connectivity index (χ2v) is 5.22. The van der Waals surface area contributed by atoms with Gasteiger partial charge in [-0.25, -0.2) is 4.98 Å². The fourth-order valence-electron chi connectivity index (χ4n) is 1.75. The maximum atomic E-state index is 11.7. The smallest absolute Gasteiger partial charge is 0.251 e. The molecular weight excluding hydrogens is 274 g/mol. The average molecular weight is 291 g/mol. The summed E-state index contributed by atoms with van der Waals surface area (Å²) < 4.78 is 0. The zero-order chi connectivity index (χ0) is 14.4. The number of aromatic nitrogens is 1. The van der Waals surface area contributed by atoms with Crippen molar-refractivity contribution < 1.29 is 9.90 Å². The minimum atomic E-state index is -0.182. The SMILES string of the molecule is CC(Nc1ccc(C(=O)NCCO)cc1)c1nccs1. The van der Waals surface area contributed by atoms with Crippen LogP contribution in [0.1, 0.15) is 28.3 Å². The zero-order valence-corrected chi connectivity index (χ0v) is 12.0. The normalized spacial score (nSPS) is 11.9.